The van der Waals surface area contributed by atoms with Crippen LogP contribution in [0.25, 0.3) is 0 Å². The fraction of sp³-hybridized carbons (Fsp3) is 0.176. The molecular weight excluding hydrogens is 348 g/mol. The molecule has 0 spiro atoms. The van der Waals surface area contributed by atoms with Gasteiger partial charge < -0.3 is 26.6 Å². The van der Waals surface area contributed by atoms with E-state index in [9.17, 15) is 10.4 Å². The van der Waals surface area contributed by atoms with Crippen molar-refractivity contribution in [3.8, 4) is 23.8 Å². The molecule has 0 aliphatic carbocycles. The number of nitrogens with two attached hydrogens (primary N) is 2. The summed E-state index contributed by atoms with van der Waals surface area (Å²) in [6, 6.07) is 6.05. The molecule has 1 atom stereocenters. The number of guanidine groups is 1. The van der Waals surface area contributed by atoms with Crippen molar-refractivity contribution in [1.29, 1.82) is 10.5 Å². The first-order chi connectivity index (χ1) is 13.0. The highest BCUT2D eigenvalue weighted by Crippen LogP contribution is 2.45. The third-order valence-electron chi connectivity index (χ3n) is 3.98. The summed E-state index contributed by atoms with van der Waals surface area (Å²) in [5.41, 5.74) is 12.8. The van der Waals surface area contributed by atoms with Crippen molar-refractivity contribution < 1.29 is 9.84 Å². The second-order valence-electron chi connectivity index (χ2n) is 5.53. The fourth-order valence-electron chi connectivity index (χ4n) is 2.84. The van der Waals surface area contributed by atoms with E-state index in [1.807, 2.05) is 6.07 Å². The van der Waals surface area contributed by atoms with E-state index in [0.717, 1.165) is 0 Å². The Morgan fingerprint density at radius 3 is 2.81 bits per heavy atom. The van der Waals surface area contributed by atoms with Crippen molar-refractivity contribution in [2.75, 3.05) is 23.4 Å². The van der Waals surface area contributed by atoms with Crippen LogP contribution in [0.2, 0.25) is 0 Å². The number of para-hydroxylation sites is 1. The number of nitriles is 2. The molecule has 0 bridgehead atoms. The minimum absolute atomic E-state index is 0.0212. The first kappa shape index (κ1) is 17.6. The Morgan fingerprint density at radius 2 is 2.15 bits per heavy atom. The van der Waals surface area contributed by atoms with Crippen molar-refractivity contribution in [2.24, 2.45) is 4.99 Å². The fourth-order valence-corrected chi connectivity index (χ4v) is 2.84. The van der Waals surface area contributed by atoms with Gasteiger partial charge in [0.1, 0.15) is 29.3 Å². The number of aliphatic imine (C=N–C) groups is 1. The molecule has 2 heterocycles. The maximum absolute atomic E-state index is 10.6. The van der Waals surface area contributed by atoms with Crippen LogP contribution in [-0.2, 0) is 0 Å². The van der Waals surface area contributed by atoms with Gasteiger partial charge in [-0.05, 0) is 13.0 Å². The number of rotatable bonds is 3. The summed E-state index contributed by atoms with van der Waals surface area (Å²) in [5, 5.41) is 34.1. The number of phenolic OH excluding ortho intramolecular Hbond substituents is 1. The van der Waals surface area contributed by atoms with Crippen LogP contribution in [0.1, 0.15) is 29.7 Å². The second-order valence-corrected chi connectivity index (χ2v) is 5.53. The maximum Gasteiger partial charge on any atom is 0.211 e. The zero-order chi connectivity index (χ0) is 19.6. The molecule has 0 fully saturated rings. The third-order valence-corrected chi connectivity index (χ3v) is 3.98. The molecule has 0 radical (unpaired) electrons. The van der Waals surface area contributed by atoms with Crippen molar-refractivity contribution in [2.45, 2.75) is 13.0 Å². The highest BCUT2D eigenvalue weighted by Gasteiger charge is 2.31. The third kappa shape index (κ3) is 2.96. The summed E-state index contributed by atoms with van der Waals surface area (Å²) in [4.78, 5) is 8.56. The Morgan fingerprint density at radius 1 is 1.37 bits per heavy atom. The van der Waals surface area contributed by atoms with Gasteiger partial charge in [-0.2, -0.15) is 10.5 Å². The molecule has 2 aromatic rings. The summed E-state index contributed by atoms with van der Waals surface area (Å²) in [5.74, 6) is 0.454. The lowest BCUT2D eigenvalue weighted by atomic mass is 9.94. The zero-order valence-corrected chi connectivity index (χ0v) is 14.3. The number of phenols is 1. The van der Waals surface area contributed by atoms with Gasteiger partial charge in [0.25, 0.3) is 0 Å². The lowest BCUT2D eigenvalue weighted by Crippen LogP contribution is -2.32. The van der Waals surface area contributed by atoms with E-state index in [1.165, 1.54) is 0 Å². The Labute approximate surface area is 154 Å². The maximum atomic E-state index is 10.6. The van der Waals surface area contributed by atoms with Crippen LogP contribution in [0.4, 0.5) is 17.3 Å². The minimum atomic E-state index is -0.835. The lowest BCUT2D eigenvalue weighted by molar-refractivity contribution is 0.316. The molecule has 3 rings (SSSR count). The molecule has 1 aromatic heterocycles. The smallest absolute Gasteiger partial charge is 0.211 e. The Bertz CT molecular complexity index is 1020. The largest absolute Gasteiger partial charge is 0.504 e. The van der Waals surface area contributed by atoms with E-state index in [1.54, 1.807) is 31.3 Å². The molecule has 27 heavy (non-hydrogen) atoms. The number of nitrogens with zero attached hydrogens (tertiary/aromatic N) is 4. The molecule has 1 unspecified atom stereocenters. The molecule has 10 heteroatoms. The van der Waals surface area contributed by atoms with E-state index in [0.29, 0.717) is 17.7 Å². The molecule has 0 amide bonds. The number of aromatic hydroxyl groups is 1. The van der Waals surface area contributed by atoms with Crippen molar-refractivity contribution >= 4 is 23.3 Å². The molecule has 1 aliphatic heterocycles. The predicted molar refractivity (Wildman–Crippen MR) is 98.7 cm³/mol. The van der Waals surface area contributed by atoms with Crippen LogP contribution in [0.3, 0.4) is 0 Å². The minimum Gasteiger partial charge on any atom is -0.504 e. The topological polar surface area (TPSA) is 178 Å². The quantitative estimate of drug-likeness (QED) is 0.394. The van der Waals surface area contributed by atoms with Crippen molar-refractivity contribution in [3.63, 3.8) is 0 Å². The highest BCUT2D eigenvalue weighted by molar-refractivity contribution is 5.98. The number of nitrogen functional groups attached to an aromatic ring is 2. The number of anilines is 3. The number of pyridine rings is 1. The first-order valence-electron chi connectivity index (χ1n) is 7.95. The lowest BCUT2D eigenvalue weighted by Gasteiger charge is -2.26. The van der Waals surface area contributed by atoms with Crippen LogP contribution >= 0.6 is 0 Å². The average molecular weight is 364 g/mol. The average Bonchev–Trinajstić information content (AvgIpc) is 2.63. The van der Waals surface area contributed by atoms with E-state index in [-0.39, 0.29) is 40.3 Å². The SMILES string of the molecule is CCOc1cccc(C2N=C(NC#N)Nc3nc(N)c(C#N)c(N)c32)c1O. The monoisotopic (exact) mass is 364 g/mol. The number of benzene rings is 1. The van der Waals surface area contributed by atoms with Gasteiger partial charge in [-0.1, -0.05) is 12.1 Å². The molecular formula is C17H16N8O2. The number of fused-ring (bicyclic) bond motifs is 1. The molecule has 7 N–H and O–H groups in total. The van der Waals surface area contributed by atoms with E-state index >= 15 is 0 Å². The summed E-state index contributed by atoms with van der Waals surface area (Å²) in [7, 11) is 0. The van der Waals surface area contributed by atoms with E-state index in [2.05, 4.69) is 20.6 Å². The predicted octanol–water partition coefficient (Wildman–Crippen LogP) is 1.16. The first-order valence-corrected chi connectivity index (χ1v) is 7.95. The summed E-state index contributed by atoms with van der Waals surface area (Å²) < 4.78 is 5.42. The van der Waals surface area contributed by atoms with Gasteiger partial charge in [-0.15, -0.1) is 0 Å². The molecule has 0 saturated carbocycles. The van der Waals surface area contributed by atoms with Crippen LogP contribution in [0.15, 0.2) is 23.2 Å². The van der Waals surface area contributed by atoms with Crippen LogP contribution < -0.4 is 26.8 Å². The van der Waals surface area contributed by atoms with Gasteiger partial charge in [0, 0.05) is 11.1 Å². The summed E-state index contributed by atoms with van der Waals surface area (Å²) >= 11 is 0. The Hall–Kier alpha value is -4.18. The molecule has 1 aromatic carbocycles. The van der Waals surface area contributed by atoms with Crippen LogP contribution in [-0.4, -0.2) is 22.7 Å². The zero-order valence-electron chi connectivity index (χ0n) is 14.3. The Kier molecular flexibility index (Phi) is 4.56. The summed E-state index contributed by atoms with van der Waals surface area (Å²) in [6.45, 7) is 2.16. The van der Waals surface area contributed by atoms with Gasteiger partial charge in [-0.25, -0.2) is 9.98 Å². The number of hydrogen-bond acceptors (Lipinski definition) is 10. The molecule has 0 saturated heterocycles. The molecule has 1 aliphatic rings. The molecule has 136 valence electrons. The number of nitrogens with one attached hydrogen (secondary N) is 2. The van der Waals surface area contributed by atoms with Crippen molar-refractivity contribution in [1.82, 2.24) is 10.3 Å². The number of hydrogen-bond donors (Lipinski definition) is 5. The Balaban J connectivity index is 2.26. The van der Waals surface area contributed by atoms with Crippen LogP contribution in [0, 0.1) is 22.8 Å². The van der Waals surface area contributed by atoms with Gasteiger partial charge in [0.2, 0.25) is 5.96 Å². The highest BCUT2D eigenvalue weighted by atomic mass is 16.5. The van der Waals surface area contributed by atoms with E-state index in [4.69, 9.17) is 21.5 Å². The van der Waals surface area contributed by atoms with Gasteiger partial charge in [-0.3, -0.25) is 5.32 Å². The van der Waals surface area contributed by atoms with Gasteiger partial charge in [0.15, 0.2) is 17.7 Å². The van der Waals surface area contributed by atoms with Crippen molar-refractivity contribution in [3.05, 3.63) is 34.9 Å². The standard InChI is InChI=1S/C17H16N8O2/c1-2-27-10-5-3-4-8(14(10)26)13-11-12(20)9(6-18)15(21)24-16(11)25-17(23-13)22-7-19/h3-5,13,26H,2H2,1H3,(H6,20,21,22,23,24,25). The van der Waals surface area contributed by atoms with Gasteiger partial charge >= 0.3 is 0 Å². The molecule has 10 nitrogen and oxygen atoms in total. The van der Waals surface area contributed by atoms with E-state index < -0.39 is 6.04 Å². The summed E-state index contributed by atoms with van der Waals surface area (Å²) in [6.07, 6.45) is 1.77. The number of ether oxygens (including phenoxy) is 1. The van der Waals surface area contributed by atoms with Crippen LogP contribution in [0.5, 0.6) is 11.5 Å². The number of aromatic nitrogens is 1. The van der Waals surface area contributed by atoms with Gasteiger partial charge in [0.05, 0.1) is 12.3 Å². The second kappa shape index (κ2) is 6.98. The normalized spacial score (nSPS) is 14.8.